The summed E-state index contributed by atoms with van der Waals surface area (Å²) in [7, 11) is 1.69. The molecule has 0 spiro atoms. The second kappa shape index (κ2) is 7.07. The normalized spacial score (nSPS) is 11.3. The van der Waals surface area contributed by atoms with Crippen LogP contribution in [0.2, 0.25) is 0 Å². The Kier molecular flexibility index (Phi) is 4.70. The number of aryl methyl sites for hydroxylation is 2. The second-order valence-electron chi connectivity index (χ2n) is 6.81. The molecule has 0 bridgehead atoms. The van der Waals surface area contributed by atoms with Gasteiger partial charge in [-0.05, 0) is 54.0 Å². The molecule has 0 radical (unpaired) electrons. The van der Waals surface area contributed by atoms with E-state index in [9.17, 15) is 14.0 Å². The first-order chi connectivity index (χ1) is 13.8. The number of rotatable bonds is 4. The number of ketones is 1. The first-order valence-electron chi connectivity index (χ1n) is 8.83. The minimum atomic E-state index is -0.351. The van der Waals surface area contributed by atoms with Gasteiger partial charge in [-0.1, -0.05) is 6.07 Å². The molecule has 4 rings (SSSR count). The van der Waals surface area contributed by atoms with E-state index in [2.05, 4.69) is 26.0 Å². The van der Waals surface area contributed by atoms with Crippen LogP contribution in [0.5, 0.6) is 0 Å². The third-order valence-corrected chi connectivity index (χ3v) is 5.44. The van der Waals surface area contributed by atoms with E-state index in [1.807, 2.05) is 11.5 Å². The molecule has 29 heavy (non-hydrogen) atoms. The molecule has 0 N–H and O–H groups in total. The number of nitrogens with zero attached hydrogens (tertiary/aromatic N) is 5. The van der Waals surface area contributed by atoms with Crippen LogP contribution in [0.4, 0.5) is 4.39 Å². The van der Waals surface area contributed by atoms with Crippen molar-refractivity contribution in [2.75, 3.05) is 0 Å². The summed E-state index contributed by atoms with van der Waals surface area (Å²) >= 11 is 3.27. The maximum absolute atomic E-state index is 13.6. The maximum Gasteiger partial charge on any atom is 0.266 e. The van der Waals surface area contributed by atoms with Crippen LogP contribution in [0.1, 0.15) is 21.7 Å². The SMILES string of the molecule is Cc1cc(C(=O)Cn2cnc3c(c(Br)nn3C)c2=O)c(C)n1-c1cccc(F)c1. The summed E-state index contributed by atoms with van der Waals surface area (Å²) in [6, 6.07) is 7.93. The number of hydrogen-bond acceptors (Lipinski definition) is 4. The van der Waals surface area contributed by atoms with Gasteiger partial charge in [-0.15, -0.1) is 0 Å². The Morgan fingerprint density at radius 3 is 2.72 bits per heavy atom. The highest BCUT2D eigenvalue weighted by molar-refractivity contribution is 9.10. The first kappa shape index (κ1) is 19.3. The summed E-state index contributed by atoms with van der Waals surface area (Å²) in [5.74, 6) is -0.583. The molecular weight excluding hydrogens is 441 g/mol. The number of aromatic nitrogens is 5. The molecule has 9 heteroatoms. The Morgan fingerprint density at radius 2 is 2.00 bits per heavy atom. The third kappa shape index (κ3) is 3.21. The fraction of sp³-hybridized carbons (Fsp3) is 0.200. The molecule has 0 fully saturated rings. The van der Waals surface area contributed by atoms with Crippen LogP contribution in [-0.2, 0) is 13.6 Å². The van der Waals surface area contributed by atoms with Gasteiger partial charge >= 0.3 is 0 Å². The van der Waals surface area contributed by atoms with Gasteiger partial charge in [0.2, 0.25) is 0 Å². The zero-order valence-electron chi connectivity index (χ0n) is 16.0. The van der Waals surface area contributed by atoms with E-state index in [1.54, 1.807) is 32.2 Å². The number of Topliss-reactive ketones (excluding diaryl/α,β-unsaturated/α-hetero) is 1. The molecule has 0 atom stereocenters. The lowest BCUT2D eigenvalue weighted by atomic mass is 10.1. The Balaban J connectivity index is 1.73. The highest BCUT2D eigenvalue weighted by Gasteiger charge is 2.19. The standard InChI is InChI=1S/C20H17BrFN5O2/c1-11-7-15(12(2)27(11)14-6-4-5-13(22)8-14)16(28)9-26-10-23-19-17(20(26)29)18(21)24-25(19)3/h4-8,10H,9H2,1-3H3. The van der Waals surface area contributed by atoms with Crippen LogP contribution in [-0.4, -0.2) is 29.7 Å². The molecule has 148 valence electrons. The average Bonchev–Trinajstić information content (AvgIpc) is 3.12. The van der Waals surface area contributed by atoms with E-state index >= 15 is 0 Å². The highest BCUT2D eigenvalue weighted by Crippen LogP contribution is 2.22. The fourth-order valence-electron chi connectivity index (χ4n) is 3.55. The molecule has 0 amide bonds. The van der Waals surface area contributed by atoms with Crippen molar-refractivity contribution >= 4 is 32.7 Å². The van der Waals surface area contributed by atoms with Crippen molar-refractivity contribution in [1.29, 1.82) is 0 Å². The van der Waals surface area contributed by atoms with Crippen LogP contribution in [0.3, 0.4) is 0 Å². The summed E-state index contributed by atoms with van der Waals surface area (Å²) < 4.78 is 18.6. The summed E-state index contributed by atoms with van der Waals surface area (Å²) in [6.45, 7) is 3.49. The van der Waals surface area contributed by atoms with Crippen LogP contribution >= 0.6 is 15.9 Å². The Morgan fingerprint density at radius 1 is 1.24 bits per heavy atom. The van der Waals surface area contributed by atoms with E-state index in [4.69, 9.17) is 0 Å². The van der Waals surface area contributed by atoms with Gasteiger partial charge in [0.25, 0.3) is 5.56 Å². The lowest BCUT2D eigenvalue weighted by molar-refractivity contribution is 0.0970. The van der Waals surface area contributed by atoms with Crippen LogP contribution < -0.4 is 5.56 Å². The number of hydrogen-bond donors (Lipinski definition) is 0. The summed E-state index contributed by atoms with van der Waals surface area (Å²) in [5, 5.41) is 4.46. The fourth-order valence-corrected chi connectivity index (χ4v) is 4.13. The zero-order valence-corrected chi connectivity index (χ0v) is 17.6. The molecule has 0 saturated carbocycles. The molecule has 3 heterocycles. The van der Waals surface area contributed by atoms with Crippen molar-refractivity contribution in [2.24, 2.45) is 7.05 Å². The minimum Gasteiger partial charge on any atom is -0.318 e. The van der Waals surface area contributed by atoms with Crippen molar-refractivity contribution in [3.8, 4) is 5.69 Å². The predicted molar refractivity (Wildman–Crippen MR) is 110 cm³/mol. The number of carbonyl (C=O) groups is 1. The second-order valence-corrected chi connectivity index (χ2v) is 7.57. The zero-order chi connectivity index (χ0) is 20.9. The summed E-state index contributed by atoms with van der Waals surface area (Å²) in [6.07, 6.45) is 1.35. The van der Waals surface area contributed by atoms with Gasteiger partial charge in [0.1, 0.15) is 22.1 Å². The van der Waals surface area contributed by atoms with Crippen molar-refractivity contribution in [3.05, 3.63) is 74.4 Å². The van der Waals surface area contributed by atoms with Gasteiger partial charge in [0.15, 0.2) is 11.4 Å². The van der Waals surface area contributed by atoms with Gasteiger partial charge in [-0.3, -0.25) is 14.2 Å². The summed E-state index contributed by atoms with van der Waals surface area (Å²) in [5.41, 5.74) is 2.69. The number of carbonyl (C=O) groups excluding carboxylic acids is 1. The van der Waals surface area contributed by atoms with E-state index in [0.29, 0.717) is 32.6 Å². The smallest absolute Gasteiger partial charge is 0.266 e. The monoisotopic (exact) mass is 457 g/mol. The van der Waals surface area contributed by atoms with Gasteiger partial charge < -0.3 is 4.57 Å². The first-order valence-corrected chi connectivity index (χ1v) is 9.63. The maximum atomic E-state index is 13.6. The van der Waals surface area contributed by atoms with Gasteiger partial charge in [0.05, 0.1) is 6.54 Å². The molecule has 1 aromatic carbocycles. The molecule has 7 nitrogen and oxygen atoms in total. The summed E-state index contributed by atoms with van der Waals surface area (Å²) in [4.78, 5) is 30.0. The predicted octanol–water partition coefficient (Wildman–Crippen LogP) is 3.32. The van der Waals surface area contributed by atoms with Crippen molar-refractivity contribution in [1.82, 2.24) is 23.9 Å². The topological polar surface area (TPSA) is 74.7 Å². The largest absolute Gasteiger partial charge is 0.318 e. The molecule has 4 aromatic rings. The van der Waals surface area contributed by atoms with Crippen molar-refractivity contribution in [2.45, 2.75) is 20.4 Å². The molecule has 0 unspecified atom stereocenters. The lowest BCUT2D eigenvalue weighted by Gasteiger charge is -2.10. The Hall–Kier alpha value is -3.07. The third-order valence-electron chi connectivity index (χ3n) is 4.88. The molecule has 3 aromatic heterocycles. The molecular formula is C20H17BrFN5O2. The Labute approximate surface area is 173 Å². The highest BCUT2D eigenvalue weighted by atomic mass is 79.9. The molecule has 0 saturated heterocycles. The van der Waals surface area contributed by atoms with Crippen LogP contribution in [0.15, 0.2) is 46.1 Å². The Bertz CT molecular complexity index is 1330. The van der Waals surface area contributed by atoms with E-state index in [-0.39, 0.29) is 23.7 Å². The molecule has 0 aliphatic rings. The minimum absolute atomic E-state index is 0.156. The molecule has 0 aliphatic carbocycles. The van der Waals surface area contributed by atoms with Gasteiger partial charge in [-0.2, -0.15) is 5.10 Å². The quantitative estimate of drug-likeness (QED) is 0.440. The number of fused-ring (bicyclic) bond motifs is 1. The molecule has 0 aliphatic heterocycles. The average molecular weight is 458 g/mol. The van der Waals surface area contributed by atoms with Crippen LogP contribution in [0.25, 0.3) is 16.7 Å². The van der Waals surface area contributed by atoms with E-state index in [1.165, 1.54) is 27.7 Å². The van der Waals surface area contributed by atoms with Gasteiger partial charge in [0, 0.05) is 29.7 Å². The van der Waals surface area contributed by atoms with E-state index < -0.39 is 0 Å². The van der Waals surface area contributed by atoms with Gasteiger partial charge in [-0.25, -0.2) is 14.1 Å². The number of benzene rings is 1. The van der Waals surface area contributed by atoms with Crippen molar-refractivity contribution in [3.63, 3.8) is 0 Å². The lowest BCUT2D eigenvalue weighted by Crippen LogP contribution is -2.25. The van der Waals surface area contributed by atoms with Crippen molar-refractivity contribution < 1.29 is 9.18 Å². The van der Waals surface area contributed by atoms with Crippen LogP contribution in [0, 0.1) is 19.7 Å². The number of halogens is 2. The van der Waals surface area contributed by atoms with E-state index in [0.717, 1.165) is 5.69 Å².